The molecule has 29 heavy (non-hydrogen) atoms. The van der Waals surface area contributed by atoms with E-state index < -0.39 is 0 Å². The molecule has 1 heterocycles. The van der Waals surface area contributed by atoms with E-state index in [1.165, 1.54) is 49.9 Å². The first kappa shape index (κ1) is 25.4. The molecule has 2 aromatic rings. The van der Waals surface area contributed by atoms with Gasteiger partial charge in [-0.1, -0.05) is 67.4 Å². The molecule has 1 saturated heterocycles. The van der Waals surface area contributed by atoms with Gasteiger partial charge < -0.3 is 11.1 Å². The first-order valence-electron chi connectivity index (χ1n) is 10.1. The highest BCUT2D eigenvalue weighted by Gasteiger charge is 2.14. The van der Waals surface area contributed by atoms with E-state index >= 15 is 0 Å². The van der Waals surface area contributed by atoms with Crippen LogP contribution in [0.5, 0.6) is 0 Å². The molecule has 1 amide bonds. The van der Waals surface area contributed by atoms with Gasteiger partial charge in [0.1, 0.15) is 0 Å². The Labute approximate surface area is 187 Å². The van der Waals surface area contributed by atoms with E-state index in [1.807, 2.05) is 36.4 Å². The van der Waals surface area contributed by atoms with Crippen LogP contribution < -0.4 is 11.1 Å². The number of carbonyl (C=O) groups excluding carboxylic acids is 1. The summed E-state index contributed by atoms with van der Waals surface area (Å²) in [6, 6.07) is 18.0. The van der Waals surface area contributed by atoms with E-state index in [9.17, 15) is 4.79 Å². The van der Waals surface area contributed by atoms with Crippen molar-refractivity contribution in [2.45, 2.75) is 51.2 Å². The van der Waals surface area contributed by atoms with Crippen LogP contribution in [0.1, 0.15) is 54.8 Å². The summed E-state index contributed by atoms with van der Waals surface area (Å²) in [5.41, 5.74) is 9.67. The zero-order chi connectivity index (χ0) is 18.9. The molecule has 160 valence electrons. The predicted molar refractivity (Wildman–Crippen MR) is 125 cm³/mol. The summed E-state index contributed by atoms with van der Waals surface area (Å²) in [5, 5.41) is 3.05. The fourth-order valence-corrected chi connectivity index (χ4v) is 3.70. The van der Waals surface area contributed by atoms with Crippen molar-refractivity contribution in [2.24, 2.45) is 5.73 Å². The summed E-state index contributed by atoms with van der Waals surface area (Å²) in [7, 11) is 0. The smallest absolute Gasteiger partial charge is 0.222 e. The molecule has 3 N–H and O–H groups in total. The average molecular weight is 438 g/mol. The maximum atomic E-state index is 12.3. The van der Waals surface area contributed by atoms with Crippen molar-refractivity contribution < 1.29 is 4.79 Å². The van der Waals surface area contributed by atoms with Gasteiger partial charge in [0, 0.05) is 25.6 Å². The van der Waals surface area contributed by atoms with E-state index in [1.54, 1.807) is 0 Å². The minimum atomic E-state index is -0.265. The number of carbonyl (C=O) groups is 1. The molecule has 4 nitrogen and oxygen atoms in total. The normalized spacial score (nSPS) is 15.3. The van der Waals surface area contributed by atoms with E-state index in [4.69, 9.17) is 5.73 Å². The molecule has 0 aromatic heterocycles. The molecule has 1 atom stereocenters. The van der Waals surface area contributed by atoms with Crippen LogP contribution in [0.15, 0.2) is 54.6 Å². The quantitative estimate of drug-likeness (QED) is 0.664. The van der Waals surface area contributed by atoms with Crippen molar-refractivity contribution in [1.29, 1.82) is 0 Å². The van der Waals surface area contributed by atoms with E-state index in [-0.39, 0.29) is 36.8 Å². The Hall–Kier alpha value is -1.59. The summed E-state index contributed by atoms with van der Waals surface area (Å²) in [6.45, 7) is 3.87. The Morgan fingerprint density at radius 2 is 1.48 bits per heavy atom. The number of nitrogens with two attached hydrogens (primary N) is 1. The van der Waals surface area contributed by atoms with Gasteiger partial charge in [0.15, 0.2) is 0 Å². The largest absolute Gasteiger partial charge is 0.352 e. The van der Waals surface area contributed by atoms with Crippen molar-refractivity contribution in [2.75, 3.05) is 13.1 Å². The lowest BCUT2D eigenvalue weighted by Crippen LogP contribution is -2.28. The van der Waals surface area contributed by atoms with Gasteiger partial charge in [-0.3, -0.25) is 9.69 Å². The van der Waals surface area contributed by atoms with Gasteiger partial charge in [0.2, 0.25) is 5.91 Å². The molecule has 1 aliphatic rings. The van der Waals surface area contributed by atoms with Crippen LogP contribution in [0.2, 0.25) is 0 Å². The van der Waals surface area contributed by atoms with Crippen LogP contribution >= 0.6 is 24.8 Å². The summed E-state index contributed by atoms with van der Waals surface area (Å²) < 4.78 is 0. The second-order valence-electron chi connectivity index (χ2n) is 7.46. The fraction of sp³-hybridized carbons (Fsp3) is 0.435. The molecular formula is C23H33Cl2N3O. The maximum absolute atomic E-state index is 12.3. The number of likely N-dealkylation sites (tertiary alicyclic amines) is 1. The third-order valence-corrected chi connectivity index (χ3v) is 5.32. The van der Waals surface area contributed by atoms with Gasteiger partial charge in [0.25, 0.3) is 0 Å². The molecule has 0 aliphatic carbocycles. The Morgan fingerprint density at radius 3 is 2.14 bits per heavy atom. The molecular weight excluding hydrogens is 405 g/mol. The summed E-state index contributed by atoms with van der Waals surface area (Å²) in [6.07, 6.45) is 5.57. The number of hydrogen-bond acceptors (Lipinski definition) is 3. The van der Waals surface area contributed by atoms with Gasteiger partial charge >= 0.3 is 0 Å². The number of amides is 1. The van der Waals surface area contributed by atoms with Gasteiger partial charge in [-0.2, -0.15) is 0 Å². The second kappa shape index (κ2) is 13.6. The van der Waals surface area contributed by atoms with Gasteiger partial charge in [-0.25, -0.2) is 0 Å². The number of rotatable bonds is 7. The van der Waals surface area contributed by atoms with Crippen molar-refractivity contribution in [3.05, 3.63) is 71.3 Å². The van der Waals surface area contributed by atoms with Gasteiger partial charge in [-0.05, 0) is 42.6 Å². The van der Waals surface area contributed by atoms with Crippen molar-refractivity contribution in [3.8, 4) is 0 Å². The van der Waals surface area contributed by atoms with Crippen molar-refractivity contribution in [3.63, 3.8) is 0 Å². The molecule has 0 spiro atoms. The third kappa shape index (κ3) is 8.35. The minimum absolute atomic E-state index is 0. The Kier molecular flexibility index (Phi) is 11.9. The zero-order valence-corrected chi connectivity index (χ0v) is 18.5. The third-order valence-electron chi connectivity index (χ3n) is 5.32. The number of hydrogen-bond donors (Lipinski definition) is 2. The van der Waals surface area contributed by atoms with Crippen LogP contribution in [-0.4, -0.2) is 23.9 Å². The predicted octanol–water partition coefficient (Wildman–Crippen LogP) is 4.61. The average Bonchev–Trinajstić information content (AvgIpc) is 2.97. The standard InChI is InChI=1S/C23H31N3O.2ClH/c24-22(19-10-4-3-5-11-19)16-23(27)25-17-20-12-6-7-13-21(20)18-26-14-8-1-2-9-15-26;;/h3-7,10-13,22H,1-2,8-9,14-18,24H2,(H,25,27);2*1H. The SMILES string of the molecule is Cl.Cl.NC(CC(=O)NCc1ccccc1CN1CCCCCC1)c1ccccc1. The molecule has 1 fully saturated rings. The van der Waals surface area contributed by atoms with E-state index in [0.29, 0.717) is 13.0 Å². The zero-order valence-electron chi connectivity index (χ0n) is 16.9. The highest BCUT2D eigenvalue weighted by molar-refractivity contribution is 5.85. The first-order chi connectivity index (χ1) is 13.2. The fourth-order valence-electron chi connectivity index (χ4n) is 3.70. The molecule has 0 radical (unpaired) electrons. The molecule has 6 heteroatoms. The molecule has 1 unspecified atom stereocenters. The molecule has 0 bridgehead atoms. The number of benzene rings is 2. The summed E-state index contributed by atoms with van der Waals surface area (Å²) in [4.78, 5) is 14.9. The van der Waals surface area contributed by atoms with E-state index in [0.717, 1.165) is 12.1 Å². The molecule has 0 saturated carbocycles. The molecule has 3 rings (SSSR count). The second-order valence-corrected chi connectivity index (χ2v) is 7.46. The maximum Gasteiger partial charge on any atom is 0.222 e. The lowest BCUT2D eigenvalue weighted by molar-refractivity contribution is -0.121. The number of nitrogens with one attached hydrogen (secondary N) is 1. The first-order valence-corrected chi connectivity index (χ1v) is 10.1. The monoisotopic (exact) mass is 437 g/mol. The Balaban J connectivity index is 0.00000210. The van der Waals surface area contributed by atoms with Crippen LogP contribution in [0.25, 0.3) is 0 Å². The van der Waals surface area contributed by atoms with E-state index in [2.05, 4.69) is 28.4 Å². The Morgan fingerprint density at radius 1 is 0.897 bits per heavy atom. The lowest BCUT2D eigenvalue weighted by Gasteiger charge is -2.21. The van der Waals surface area contributed by atoms with Gasteiger partial charge in [0.05, 0.1) is 0 Å². The topological polar surface area (TPSA) is 58.4 Å². The van der Waals surface area contributed by atoms with Crippen LogP contribution in [0.3, 0.4) is 0 Å². The van der Waals surface area contributed by atoms with Crippen molar-refractivity contribution in [1.82, 2.24) is 10.2 Å². The van der Waals surface area contributed by atoms with Crippen molar-refractivity contribution >= 4 is 30.7 Å². The van der Waals surface area contributed by atoms with Gasteiger partial charge in [-0.15, -0.1) is 24.8 Å². The van der Waals surface area contributed by atoms with Crippen LogP contribution in [0.4, 0.5) is 0 Å². The molecule has 1 aliphatic heterocycles. The minimum Gasteiger partial charge on any atom is -0.352 e. The lowest BCUT2D eigenvalue weighted by atomic mass is 10.0. The molecule has 2 aromatic carbocycles. The highest BCUT2D eigenvalue weighted by Crippen LogP contribution is 2.17. The summed E-state index contributed by atoms with van der Waals surface area (Å²) >= 11 is 0. The Bertz CT molecular complexity index is 719. The number of halogens is 2. The summed E-state index contributed by atoms with van der Waals surface area (Å²) in [5.74, 6) is -0.00377. The van der Waals surface area contributed by atoms with Crippen LogP contribution in [0, 0.1) is 0 Å². The highest BCUT2D eigenvalue weighted by atomic mass is 35.5. The van der Waals surface area contributed by atoms with Crippen LogP contribution in [-0.2, 0) is 17.9 Å². The number of nitrogens with zero attached hydrogens (tertiary/aromatic N) is 1.